The van der Waals surface area contributed by atoms with Crippen LogP contribution in [0, 0.1) is 0 Å². The van der Waals surface area contributed by atoms with E-state index in [4.69, 9.17) is 0 Å². The fourth-order valence-electron chi connectivity index (χ4n) is 5.87. The lowest BCUT2D eigenvalue weighted by Crippen LogP contribution is -2.24. The summed E-state index contributed by atoms with van der Waals surface area (Å²) in [6.07, 6.45) is 11.0. The van der Waals surface area contributed by atoms with Gasteiger partial charge in [0, 0.05) is 15.9 Å². The lowest BCUT2D eigenvalue weighted by atomic mass is 9.81. The molecule has 0 spiro atoms. The van der Waals surface area contributed by atoms with Crippen LogP contribution in [0.3, 0.4) is 0 Å². The Hall–Kier alpha value is -3.93. The second-order valence-electron chi connectivity index (χ2n) is 9.60. The Labute approximate surface area is 211 Å². The third-order valence-electron chi connectivity index (χ3n) is 7.58. The standard InChI is InChI=1S/C34H25OP/c35-36(28-12-3-1-4-13-28,29-14-5-2-6-15-29)30-21-19-24(20-22-30)32-23-27-11-7-9-25-17-18-26-10-8-16-31(32)34(26)33(25)27/h1-8,10-15,17-23H,9,16H2. The van der Waals surface area contributed by atoms with Gasteiger partial charge >= 0.3 is 0 Å². The molecule has 1 nitrogen and oxygen atoms in total. The van der Waals surface area contributed by atoms with Crippen LogP contribution in [0.5, 0.6) is 0 Å². The third kappa shape index (κ3) is 3.20. The van der Waals surface area contributed by atoms with Crippen LogP contribution in [-0.2, 0) is 17.4 Å². The van der Waals surface area contributed by atoms with Crippen molar-refractivity contribution in [3.63, 3.8) is 0 Å². The van der Waals surface area contributed by atoms with Gasteiger partial charge in [-0.05, 0) is 63.1 Å². The minimum Gasteiger partial charge on any atom is -0.309 e. The van der Waals surface area contributed by atoms with Gasteiger partial charge in [0.25, 0.3) is 0 Å². The molecule has 0 aromatic heterocycles. The van der Waals surface area contributed by atoms with Crippen LogP contribution < -0.4 is 15.9 Å². The molecule has 2 heteroatoms. The normalized spacial score (nSPS) is 13.8. The Bertz CT molecular complexity index is 1680. The Morgan fingerprint density at radius 2 is 1.17 bits per heavy atom. The van der Waals surface area contributed by atoms with Crippen LogP contribution in [0.15, 0.2) is 115 Å². The van der Waals surface area contributed by atoms with Gasteiger partial charge in [-0.25, -0.2) is 0 Å². The molecule has 0 aliphatic heterocycles. The zero-order valence-corrected chi connectivity index (χ0v) is 20.8. The van der Waals surface area contributed by atoms with E-state index in [9.17, 15) is 4.57 Å². The number of hydrogen-bond acceptors (Lipinski definition) is 1. The molecule has 172 valence electrons. The predicted molar refractivity (Wildman–Crippen MR) is 154 cm³/mol. The van der Waals surface area contributed by atoms with Gasteiger partial charge < -0.3 is 4.57 Å². The van der Waals surface area contributed by atoms with Gasteiger partial charge in [0.2, 0.25) is 0 Å². The van der Waals surface area contributed by atoms with Crippen molar-refractivity contribution in [3.8, 4) is 11.1 Å². The Morgan fingerprint density at radius 1 is 0.556 bits per heavy atom. The molecule has 0 saturated heterocycles. The second kappa shape index (κ2) is 8.33. The van der Waals surface area contributed by atoms with E-state index in [1.54, 1.807) is 0 Å². The molecule has 0 fully saturated rings. The number of benzene rings is 5. The van der Waals surface area contributed by atoms with Crippen LogP contribution >= 0.6 is 7.14 Å². The van der Waals surface area contributed by atoms with Gasteiger partial charge in [-0.3, -0.25) is 0 Å². The maximum atomic E-state index is 14.7. The van der Waals surface area contributed by atoms with Crippen LogP contribution in [0.25, 0.3) is 34.1 Å². The van der Waals surface area contributed by atoms with Crippen molar-refractivity contribution in [1.82, 2.24) is 0 Å². The highest BCUT2D eigenvalue weighted by atomic mass is 31.2. The topological polar surface area (TPSA) is 17.1 Å². The highest BCUT2D eigenvalue weighted by Crippen LogP contribution is 2.44. The van der Waals surface area contributed by atoms with Crippen molar-refractivity contribution in [2.24, 2.45) is 0 Å². The Kier molecular flexibility index (Phi) is 4.94. The summed E-state index contributed by atoms with van der Waals surface area (Å²) in [6, 6.07) is 35.1. The zero-order chi connectivity index (χ0) is 24.1. The van der Waals surface area contributed by atoms with E-state index < -0.39 is 7.14 Å². The maximum Gasteiger partial charge on any atom is 0.171 e. The molecule has 0 atom stereocenters. The first kappa shape index (κ1) is 21.4. The van der Waals surface area contributed by atoms with Gasteiger partial charge in [-0.2, -0.15) is 0 Å². The van der Waals surface area contributed by atoms with E-state index in [0.29, 0.717) is 0 Å². The van der Waals surface area contributed by atoms with Crippen molar-refractivity contribution in [3.05, 3.63) is 138 Å². The molecule has 0 amide bonds. The van der Waals surface area contributed by atoms with Crippen LogP contribution in [0.1, 0.15) is 22.3 Å². The van der Waals surface area contributed by atoms with Crippen molar-refractivity contribution in [2.75, 3.05) is 0 Å². The Balaban J connectivity index is 1.40. The fourth-order valence-corrected chi connectivity index (χ4v) is 8.51. The highest BCUT2D eigenvalue weighted by Gasteiger charge is 2.29. The Morgan fingerprint density at radius 3 is 1.86 bits per heavy atom. The summed E-state index contributed by atoms with van der Waals surface area (Å²) in [7, 11) is -2.98. The van der Waals surface area contributed by atoms with Crippen LogP contribution in [0.2, 0.25) is 0 Å². The molecule has 0 radical (unpaired) electrons. The molecule has 0 unspecified atom stereocenters. The molecule has 0 bridgehead atoms. The molecule has 2 aliphatic rings. The largest absolute Gasteiger partial charge is 0.309 e. The zero-order valence-electron chi connectivity index (χ0n) is 19.9. The van der Waals surface area contributed by atoms with E-state index in [1.165, 1.54) is 44.2 Å². The summed E-state index contributed by atoms with van der Waals surface area (Å²) >= 11 is 0. The first-order valence-corrected chi connectivity index (χ1v) is 14.2. The highest BCUT2D eigenvalue weighted by molar-refractivity contribution is 7.85. The summed E-state index contributed by atoms with van der Waals surface area (Å²) in [6.45, 7) is 0. The summed E-state index contributed by atoms with van der Waals surface area (Å²) in [4.78, 5) is 0. The van der Waals surface area contributed by atoms with E-state index in [2.05, 4.69) is 66.8 Å². The number of allylic oxidation sites excluding steroid dienone is 2. The second-order valence-corrected chi connectivity index (χ2v) is 12.4. The third-order valence-corrected chi connectivity index (χ3v) is 10.7. The summed E-state index contributed by atoms with van der Waals surface area (Å²) in [5.74, 6) is 0. The molecular formula is C34H25OP. The fraction of sp³-hybridized carbons (Fsp3) is 0.0588. The molecule has 36 heavy (non-hydrogen) atoms. The number of rotatable bonds is 4. The summed E-state index contributed by atoms with van der Waals surface area (Å²) in [5.41, 5.74) is 7.85. The average Bonchev–Trinajstić information content (AvgIpc) is 2.96. The SMILES string of the molecule is O=P(c1ccccc1)(c1ccccc1)c1ccc(-c2cc3c4c(ccc5c4c2CC=C5)CC=C3)cc1. The molecule has 0 N–H and O–H groups in total. The van der Waals surface area contributed by atoms with Crippen molar-refractivity contribution >= 4 is 46.0 Å². The monoisotopic (exact) mass is 480 g/mol. The molecule has 7 rings (SSSR count). The van der Waals surface area contributed by atoms with Crippen molar-refractivity contribution < 1.29 is 4.57 Å². The lowest BCUT2D eigenvalue weighted by molar-refractivity contribution is 0.592. The number of hydrogen-bond donors (Lipinski definition) is 0. The molecule has 5 aromatic rings. The van der Waals surface area contributed by atoms with Crippen molar-refractivity contribution in [2.45, 2.75) is 12.8 Å². The van der Waals surface area contributed by atoms with Gasteiger partial charge in [0.05, 0.1) is 0 Å². The van der Waals surface area contributed by atoms with E-state index in [-0.39, 0.29) is 0 Å². The lowest BCUT2D eigenvalue weighted by Gasteiger charge is -2.24. The van der Waals surface area contributed by atoms with Gasteiger partial charge in [-0.1, -0.05) is 121 Å². The molecular weight excluding hydrogens is 455 g/mol. The van der Waals surface area contributed by atoms with E-state index >= 15 is 0 Å². The summed E-state index contributed by atoms with van der Waals surface area (Å²) < 4.78 is 14.7. The first-order valence-electron chi connectivity index (χ1n) is 12.5. The molecule has 5 aromatic carbocycles. The molecule has 2 aliphatic carbocycles. The van der Waals surface area contributed by atoms with E-state index in [1.807, 2.05) is 60.7 Å². The molecule has 0 saturated carbocycles. The first-order chi connectivity index (χ1) is 17.7. The molecule has 0 heterocycles. The smallest absolute Gasteiger partial charge is 0.171 e. The summed E-state index contributed by atoms with van der Waals surface area (Å²) in [5, 5.41) is 5.40. The van der Waals surface area contributed by atoms with Gasteiger partial charge in [0.1, 0.15) is 0 Å². The predicted octanol–water partition coefficient (Wildman–Crippen LogP) is 7.28. The minimum atomic E-state index is -2.98. The quantitative estimate of drug-likeness (QED) is 0.247. The van der Waals surface area contributed by atoms with Gasteiger partial charge in [0.15, 0.2) is 7.14 Å². The van der Waals surface area contributed by atoms with Crippen molar-refractivity contribution in [1.29, 1.82) is 0 Å². The van der Waals surface area contributed by atoms with Crippen LogP contribution in [0.4, 0.5) is 0 Å². The van der Waals surface area contributed by atoms with E-state index in [0.717, 1.165) is 28.8 Å². The van der Waals surface area contributed by atoms with Gasteiger partial charge in [-0.15, -0.1) is 0 Å². The van der Waals surface area contributed by atoms with Crippen LogP contribution in [-0.4, -0.2) is 0 Å². The maximum absolute atomic E-state index is 14.7. The average molecular weight is 481 g/mol. The minimum absolute atomic E-state index is 0.863.